The van der Waals surface area contributed by atoms with Gasteiger partial charge in [0.1, 0.15) is 0 Å². The third kappa shape index (κ3) is 2.92. The molecule has 104 valence electrons. The first-order valence-corrected chi connectivity index (χ1v) is 7.23. The smallest absolute Gasteiger partial charge is 0.0244 e. The van der Waals surface area contributed by atoms with Crippen LogP contribution in [-0.4, -0.2) is 23.9 Å². The molecule has 0 spiro atoms. The molecule has 0 radical (unpaired) electrons. The summed E-state index contributed by atoms with van der Waals surface area (Å²) in [5, 5.41) is 0. The van der Waals surface area contributed by atoms with Crippen LogP contribution in [0.15, 0.2) is 48.5 Å². The van der Waals surface area contributed by atoms with Gasteiger partial charge < -0.3 is 4.90 Å². The molecule has 0 aliphatic carbocycles. The van der Waals surface area contributed by atoms with Gasteiger partial charge in [-0.3, -0.25) is 4.90 Å². The summed E-state index contributed by atoms with van der Waals surface area (Å²) in [6.45, 7) is 4.20. The lowest BCUT2D eigenvalue weighted by molar-refractivity contribution is 0.273. The zero-order chi connectivity index (χ0) is 13.9. The van der Waals surface area contributed by atoms with Crippen molar-refractivity contribution in [3.63, 3.8) is 0 Å². The highest BCUT2D eigenvalue weighted by Crippen LogP contribution is 2.25. The number of benzene rings is 2. The van der Waals surface area contributed by atoms with E-state index in [9.17, 15) is 0 Å². The van der Waals surface area contributed by atoms with Crippen LogP contribution in [0.4, 0.5) is 0 Å². The van der Waals surface area contributed by atoms with Crippen molar-refractivity contribution >= 4 is 0 Å². The minimum absolute atomic E-state index is 1.01. The first-order valence-electron chi connectivity index (χ1n) is 7.23. The Morgan fingerprint density at radius 2 is 1.40 bits per heavy atom. The Kier molecular flexibility index (Phi) is 3.86. The van der Waals surface area contributed by atoms with E-state index in [4.69, 9.17) is 0 Å². The summed E-state index contributed by atoms with van der Waals surface area (Å²) < 4.78 is 0. The zero-order valence-electron chi connectivity index (χ0n) is 12.3. The van der Waals surface area contributed by atoms with E-state index in [0.29, 0.717) is 0 Å². The van der Waals surface area contributed by atoms with Gasteiger partial charge in [-0.2, -0.15) is 0 Å². The van der Waals surface area contributed by atoms with Crippen LogP contribution < -0.4 is 0 Å². The average molecular weight is 266 g/mol. The van der Waals surface area contributed by atoms with E-state index in [1.54, 1.807) is 0 Å². The van der Waals surface area contributed by atoms with Crippen LogP contribution >= 0.6 is 0 Å². The van der Waals surface area contributed by atoms with Gasteiger partial charge in [0.15, 0.2) is 0 Å². The van der Waals surface area contributed by atoms with Crippen LogP contribution in [0, 0.1) is 0 Å². The Morgan fingerprint density at radius 3 is 2.00 bits per heavy atom. The second-order valence-electron chi connectivity index (χ2n) is 5.92. The van der Waals surface area contributed by atoms with Gasteiger partial charge in [0.05, 0.1) is 0 Å². The third-order valence-electron chi connectivity index (χ3n) is 3.91. The highest BCUT2D eigenvalue weighted by molar-refractivity contribution is 5.32. The van der Waals surface area contributed by atoms with Gasteiger partial charge in [-0.25, -0.2) is 0 Å². The Balaban J connectivity index is 1.74. The Labute approximate surface area is 121 Å². The lowest BCUT2D eigenvalue weighted by Gasteiger charge is -2.19. The molecule has 2 nitrogen and oxygen atoms in total. The SMILES string of the molecule is CN(C)Cc1ccccc1CN1Cc2ccccc2C1. The number of hydrogen-bond donors (Lipinski definition) is 0. The quantitative estimate of drug-likeness (QED) is 0.838. The molecule has 0 saturated heterocycles. The molecule has 20 heavy (non-hydrogen) atoms. The number of hydrogen-bond acceptors (Lipinski definition) is 2. The highest BCUT2D eigenvalue weighted by Gasteiger charge is 2.18. The minimum atomic E-state index is 1.01. The van der Waals surface area contributed by atoms with Gasteiger partial charge >= 0.3 is 0 Å². The van der Waals surface area contributed by atoms with Crippen molar-refractivity contribution in [2.45, 2.75) is 26.2 Å². The molecule has 0 bridgehead atoms. The van der Waals surface area contributed by atoms with Crippen molar-refractivity contribution < 1.29 is 0 Å². The second kappa shape index (κ2) is 5.78. The third-order valence-corrected chi connectivity index (χ3v) is 3.91. The number of fused-ring (bicyclic) bond motifs is 1. The molecule has 1 heterocycles. The molecule has 2 heteroatoms. The lowest BCUT2D eigenvalue weighted by atomic mass is 10.1. The maximum atomic E-state index is 2.53. The van der Waals surface area contributed by atoms with Crippen LogP contribution in [0.2, 0.25) is 0 Å². The van der Waals surface area contributed by atoms with Gasteiger partial charge in [-0.15, -0.1) is 0 Å². The fraction of sp³-hybridized carbons (Fsp3) is 0.333. The predicted molar refractivity (Wildman–Crippen MR) is 83.2 cm³/mol. The van der Waals surface area contributed by atoms with Crippen LogP contribution in [0.5, 0.6) is 0 Å². The Hall–Kier alpha value is -1.64. The average Bonchev–Trinajstić information content (AvgIpc) is 2.82. The molecule has 0 N–H and O–H groups in total. The molecule has 0 aromatic heterocycles. The van der Waals surface area contributed by atoms with Crippen molar-refractivity contribution in [2.75, 3.05) is 14.1 Å². The van der Waals surface area contributed by atoms with Crippen LogP contribution in [0.25, 0.3) is 0 Å². The van der Waals surface area contributed by atoms with E-state index in [2.05, 4.69) is 72.4 Å². The summed E-state index contributed by atoms with van der Waals surface area (Å²) in [6, 6.07) is 17.6. The Bertz CT molecular complexity index is 564. The van der Waals surface area contributed by atoms with E-state index in [1.807, 2.05) is 0 Å². The fourth-order valence-corrected chi connectivity index (χ4v) is 2.96. The molecule has 2 aromatic rings. The molecule has 2 aromatic carbocycles. The summed E-state index contributed by atoms with van der Waals surface area (Å²) in [5.74, 6) is 0. The normalized spacial score (nSPS) is 14.8. The monoisotopic (exact) mass is 266 g/mol. The predicted octanol–water partition coefficient (Wildman–Crippen LogP) is 3.26. The van der Waals surface area contributed by atoms with Gasteiger partial charge in [0.25, 0.3) is 0 Å². The van der Waals surface area contributed by atoms with Crippen LogP contribution in [0.1, 0.15) is 22.3 Å². The molecular formula is C18H22N2. The van der Waals surface area contributed by atoms with E-state index >= 15 is 0 Å². The van der Waals surface area contributed by atoms with E-state index in [1.165, 1.54) is 22.3 Å². The van der Waals surface area contributed by atoms with Crippen LogP contribution in [-0.2, 0) is 26.2 Å². The van der Waals surface area contributed by atoms with E-state index in [0.717, 1.165) is 26.2 Å². The summed E-state index contributed by atoms with van der Waals surface area (Å²) in [5.41, 5.74) is 5.86. The van der Waals surface area contributed by atoms with Gasteiger partial charge in [-0.05, 0) is 36.3 Å². The van der Waals surface area contributed by atoms with Crippen molar-refractivity contribution in [1.82, 2.24) is 9.80 Å². The molecule has 0 saturated carbocycles. The van der Waals surface area contributed by atoms with Crippen molar-refractivity contribution in [3.05, 3.63) is 70.8 Å². The summed E-state index contributed by atoms with van der Waals surface area (Å²) in [7, 11) is 4.25. The maximum absolute atomic E-state index is 2.53. The number of nitrogens with zero attached hydrogens (tertiary/aromatic N) is 2. The molecule has 3 rings (SSSR count). The van der Waals surface area contributed by atoms with Crippen molar-refractivity contribution in [1.29, 1.82) is 0 Å². The van der Waals surface area contributed by atoms with Crippen LogP contribution in [0.3, 0.4) is 0 Å². The van der Waals surface area contributed by atoms with E-state index < -0.39 is 0 Å². The van der Waals surface area contributed by atoms with Crippen molar-refractivity contribution in [3.8, 4) is 0 Å². The first-order chi connectivity index (χ1) is 9.72. The van der Waals surface area contributed by atoms with Gasteiger partial charge in [0.2, 0.25) is 0 Å². The molecule has 1 aliphatic heterocycles. The molecule has 0 fully saturated rings. The molecule has 0 atom stereocenters. The summed E-state index contributed by atoms with van der Waals surface area (Å²) in [4.78, 5) is 4.76. The summed E-state index contributed by atoms with van der Waals surface area (Å²) >= 11 is 0. The van der Waals surface area contributed by atoms with E-state index in [-0.39, 0.29) is 0 Å². The minimum Gasteiger partial charge on any atom is -0.305 e. The zero-order valence-corrected chi connectivity index (χ0v) is 12.3. The van der Waals surface area contributed by atoms with Gasteiger partial charge in [0, 0.05) is 26.2 Å². The highest BCUT2D eigenvalue weighted by atomic mass is 15.1. The lowest BCUT2D eigenvalue weighted by Crippen LogP contribution is -2.18. The second-order valence-corrected chi connectivity index (χ2v) is 5.92. The van der Waals surface area contributed by atoms with Crippen molar-refractivity contribution in [2.24, 2.45) is 0 Å². The summed E-state index contributed by atoms with van der Waals surface area (Å²) in [6.07, 6.45) is 0. The Morgan fingerprint density at radius 1 is 0.850 bits per heavy atom. The first kappa shape index (κ1) is 13.3. The topological polar surface area (TPSA) is 6.48 Å². The van der Waals surface area contributed by atoms with Gasteiger partial charge in [-0.1, -0.05) is 48.5 Å². The molecule has 0 unspecified atom stereocenters. The standard InChI is InChI=1S/C18H22N2/c1-19(2)11-15-7-3-4-8-16(15)12-20-13-17-9-5-6-10-18(17)14-20/h3-10H,11-14H2,1-2H3. The fourth-order valence-electron chi connectivity index (χ4n) is 2.96. The largest absolute Gasteiger partial charge is 0.305 e. The molecular weight excluding hydrogens is 244 g/mol. The maximum Gasteiger partial charge on any atom is 0.0244 e. The molecule has 1 aliphatic rings. The number of rotatable bonds is 4. The molecule has 0 amide bonds.